The minimum Gasteiger partial charge on any atom is -0.493 e. The fraction of sp³-hybridized carbons (Fsp3) is 0.480. The molecule has 1 atom stereocenters. The van der Waals surface area contributed by atoms with Crippen molar-refractivity contribution in [3.8, 4) is 22.6 Å². The second-order valence-corrected chi connectivity index (χ2v) is 11.0. The monoisotopic (exact) mass is 530 g/mol. The van der Waals surface area contributed by atoms with Gasteiger partial charge in [-0.2, -0.15) is 21.6 Å². The molecule has 0 unspecified atom stereocenters. The summed E-state index contributed by atoms with van der Waals surface area (Å²) >= 11 is 0. The van der Waals surface area contributed by atoms with Gasteiger partial charge in [-0.15, -0.1) is 0 Å². The molecule has 0 aliphatic carbocycles. The largest absolute Gasteiger partial charge is 0.534 e. The van der Waals surface area contributed by atoms with Crippen LogP contribution in [0, 0.1) is 13.8 Å². The Kier molecular flexibility index (Phi) is 7.67. The zero-order valence-electron chi connectivity index (χ0n) is 20.9. The van der Waals surface area contributed by atoms with Crippen LogP contribution in [0.2, 0.25) is 0 Å². The lowest BCUT2D eigenvalue weighted by molar-refractivity contribution is -0.164. The predicted molar refractivity (Wildman–Crippen MR) is 126 cm³/mol. The van der Waals surface area contributed by atoms with E-state index in [1.54, 1.807) is 46.8 Å². The first-order chi connectivity index (χ1) is 16.6. The molecule has 2 aromatic rings. The van der Waals surface area contributed by atoms with Gasteiger partial charge in [0.1, 0.15) is 5.75 Å². The van der Waals surface area contributed by atoms with Gasteiger partial charge in [0, 0.05) is 11.1 Å². The maximum absolute atomic E-state index is 13.3. The van der Waals surface area contributed by atoms with Crippen LogP contribution < -0.4 is 8.92 Å². The number of methoxy groups -OCH3 is 1. The summed E-state index contributed by atoms with van der Waals surface area (Å²) < 4.78 is 85.2. The Morgan fingerprint density at radius 3 is 2.33 bits per heavy atom. The molecule has 0 saturated carbocycles. The van der Waals surface area contributed by atoms with Crippen LogP contribution in [-0.4, -0.2) is 39.2 Å². The van der Waals surface area contributed by atoms with Crippen molar-refractivity contribution in [1.82, 2.24) is 0 Å². The number of hydrogen-bond acceptors (Lipinski definition) is 7. The van der Waals surface area contributed by atoms with Gasteiger partial charge in [-0.3, -0.25) is 0 Å². The lowest BCUT2D eigenvalue weighted by Gasteiger charge is -2.30. The normalized spacial score (nSPS) is 15.0. The van der Waals surface area contributed by atoms with Crippen molar-refractivity contribution < 1.29 is 44.8 Å². The predicted octanol–water partition coefficient (Wildman–Crippen LogP) is 5.55. The molecule has 0 spiro atoms. The summed E-state index contributed by atoms with van der Waals surface area (Å²) in [6.45, 7) is 9.04. The Morgan fingerprint density at radius 2 is 1.75 bits per heavy atom. The summed E-state index contributed by atoms with van der Waals surface area (Å²) in [5.74, 6) is -0.749. The standard InChI is InChI=1S/C25H29F3O7S/c1-14-9-11-19(35-36(30,31)25(26,27)28)21(20(14)22(23(29)32-6)34-24(3,4)5)17-10-12-18-16(15(17)2)8-7-13-33-18/h9-12,22H,7-8,13H2,1-6H3/t22-/m0/s1. The Balaban J connectivity index is 2.39. The van der Waals surface area contributed by atoms with Gasteiger partial charge in [0.2, 0.25) is 0 Å². The Bertz CT molecular complexity index is 1260. The molecule has 0 amide bonds. The minimum absolute atomic E-state index is 0.00616. The fourth-order valence-electron chi connectivity index (χ4n) is 4.12. The maximum atomic E-state index is 13.3. The molecule has 1 aliphatic rings. The van der Waals surface area contributed by atoms with Crippen molar-refractivity contribution >= 4 is 16.1 Å². The highest BCUT2D eigenvalue weighted by Crippen LogP contribution is 2.46. The number of alkyl halides is 3. The summed E-state index contributed by atoms with van der Waals surface area (Å²) in [7, 11) is -4.85. The highest BCUT2D eigenvalue weighted by molar-refractivity contribution is 7.88. The first kappa shape index (κ1) is 27.8. The van der Waals surface area contributed by atoms with Crippen LogP contribution in [0.5, 0.6) is 11.5 Å². The van der Waals surface area contributed by atoms with Crippen molar-refractivity contribution in [3.05, 3.63) is 46.5 Å². The van der Waals surface area contributed by atoms with Gasteiger partial charge in [-0.1, -0.05) is 12.1 Å². The molecule has 0 N–H and O–H groups in total. The van der Waals surface area contributed by atoms with E-state index in [1.807, 2.05) is 0 Å². The SMILES string of the molecule is COC(=O)[C@@H](OC(C)(C)C)c1c(C)ccc(OS(=O)(=O)C(F)(F)F)c1-c1ccc2c(c1C)CCCO2. The van der Waals surface area contributed by atoms with E-state index in [2.05, 4.69) is 4.18 Å². The van der Waals surface area contributed by atoms with E-state index in [4.69, 9.17) is 14.2 Å². The number of halogens is 3. The lowest BCUT2D eigenvalue weighted by atomic mass is 9.86. The lowest BCUT2D eigenvalue weighted by Crippen LogP contribution is -2.30. The van der Waals surface area contributed by atoms with Crippen LogP contribution in [0.15, 0.2) is 24.3 Å². The van der Waals surface area contributed by atoms with Crippen molar-refractivity contribution in [2.75, 3.05) is 13.7 Å². The number of ether oxygens (including phenoxy) is 3. The van der Waals surface area contributed by atoms with E-state index in [1.165, 1.54) is 6.07 Å². The number of aryl methyl sites for hydroxylation is 1. The van der Waals surface area contributed by atoms with Gasteiger partial charge in [0.25, 0.3) is 0 Å². The van der Waals surface area contributed by atoms with E-state index in [0.29, 0.717) is 35.5 Å². The molecule has 7 nitrogen and oxygen atoms in total. The number of hydrogen-bond donors (Lipinski definition) is 0. The zero-order chi connectivity index (χ0) is 27.1. The molecule has 3 rings (SSSR count). The van der Waals surface area contributed by atoms with Crippen LogP contribution >= 0.6 is 0 Å². The highest BCUT2D eigenvalue weighted by atomic mass is 32.2. The third kappa shape index (κ3) is 5.62. The Hall–Kier alpha value is -2.79. The van der Waals surface area contributed by atoms with E-state index < -0.39 is 39.1 Å². The van der Waals surface area contributed by atoms with E-state index >= 15 is 0 Å². The van der Waals surface area contributed by atoms with Gasteiger partial charge in [-0.05, 0) is 81.8 Å². The maximum Gasteiger partial charge on any atom is 0.534 e. The highest BCUT2D eigenvalue weighted by Gasteiger charge is 2.49. The molecular formula is C25H29F3O7S. The number of carbonyl (C=O) groups is 1. The van der Waals surface area contributed by atoms with Gasteiger partial charge >= 0.3 is 21.6 Å². The molecule has 1 aliphatic heterocycles. The molecule has 0 radical (unpaired) electrons. The summed E-state index contributed by atoms with van der Waals surface area (Å²) in [5, 5.41) is 0. The number of rotatable bonds is 6. The van der Waals surface area contributed by atoms with Crippen LogP contribution in [0.1, 0.15) is 55.5 Å². The van der Waals surface area contributed by atoms with Crippen LogP contribution in [0.25, 0.3) is 11.1 Å². The van der Waals surface area contributed by atoms with E-state index in [9.17, 15) is 26.4 Å². The average molecular weight is 531 g/mol. The summed E-state index contributed by atoms with van der Waals surface area (Å²) in [6.07, 6.45) is 0.0159. The third-order valence-electron chi connectivity index (χ3n) is 5.71. The van der Waals surface area contributed by atoms with E-state index in [-0.39, 0.29) is 11.1 Å². The molecule has 198 valence electrons. The molecule has 0 bridgehead atoms. The topological polar surface area (TPSA) is 88.1 Å². The minimum atomic E-state index is -6.01. The zero-order valence-corrected chi connectivity index (χ0v) is 21.7. The first-order valence-corrected chi connectivity index (χ1v) is 12.6. The third-order valence-corrected chi connectivity index (χ3v) is 6.68. The first-order valence-electron chi connectivity index (χ1n) is 11.2. The van der Waals surface area contributed by atoms with E-state index in [0.717, 1.165) is 25.2 Å². The molecule has 2 aromatic carbocycles. The van der Waals surface area contributed by atoms with Crippen molar-refractivity contribution in [3.63, 3.8) is 0 Å². The van der Waals surface area contributed by atoms with Gasteiger partial charge in [0.05, 0.1) is 19.3 Å². The van der Waals surface area contributed by atoms with Crippen LogP contribution in [0.4, 0.5) is 13.2 Å². The second-order valence-electron chi connectivity index (χ2n) is 9.45. The molecule has 36 heavy (non-hydrogen) atoms. The van der Waals surface area contributed by atoms with Crippen molar-refractivity contribution in [2.45, 2.75) is 64.7 Å². The molecular weight excluding hydrogens is 501 g/mol. The summed E-state index contributed by atoms with van der Waals surface area (Å²) in [4.78, 5) is 12.9. The molecule has 11 heteroatoms. The smallest absolute Gasteiger partial charge is 0.493 e. The number of benzene rings is 2. The van der Waals surface area contributed by atoms with Gasteiger partial charge in [0.15, 0.2) is 11.9 Å². The van der Waals surface area contributed by atoms with Crippen molar-refractivity contribution in [2.24, 2.45) is 0 Å². The second kappa shape index (κ2) is 9.93. The summed E-state index contributed by atoms with van der Waals surface area (Å²) in [6, 6.07) is 5.79. The molecule has 1 heterocycles. The number of fused-ring (bicyclic) bond motifs is 1. The molecule has 0 fully saturated rings. The Morgan fingerprint density at radius 1 is 1.08 bits per heavy atom. The quantitative estimate of drug-likeness (QED) is 0.275. The molecule has 0 saturated heterocycles. The fourth-order valence-corrected chi connectivity index (χ4v) is 4.59. The molecule has 0 aromatic heterocycles. The Labute approximate surface area is 208 Å². The van der Waals surface area contributed by atoms with Gasteiger partial charge in [-0.25, -0.2) is 4.79 Å². The van der Waals surface area contributed by atoms with Crippen molar-refractivity contribution in [1.29, 1.82) is 0 Å². The van der Waals surface area contributed by atoms with Crippen LogP contribution in [-0.2, 0) is 30.8 Å². The van der Waals surface area contributed by atoms with Crippen LogP contribution in [0.3, 0.4) is 0 Å². The van der Waals surface area contributed by atoms with Gasteiger partial charge < -0.3 is 18.4 Å². The average Bonchev–Trinajstić information content (AvgIpc) is 2.77. The number of esters is 1. The summed E-state index contributed by atoms with van der Waals surface area (Å²) in [5.41, 5.74) is -4.03. The number of carbonyl (C=O) groups excluding carboxylic acids is 1.